The van der Waals surface area contributed by atoms with Gasteiger partial charge in [0.1, 0.15) is 0 Å². The van der Waals surface area contributed by atoms with E-state index < -0.39 is 0 Å². The number of para-hydroxylation sites is 2. The Hall–Kier alpha value is -2.78. The molecule has 3 nitrogen and oxygen atoms in total. The summed E-state index contributed by atoms with van der Waals surface area (Å²) in [7, 11) is 0. The average molecular weight is 494 g/mol. The first kappa shape index (κ1) is 24.6. The molecule has 3 heterocycles. The molecule has 4 unspecified atom stereocenters. The average Bonchev–Trinajstić information content (AvgIpc) is 3.50. The fourth-order valence-electron chi connectivity index (χ4n) is 7.82. The van der Waals surface area contributed by atoms with E-state index in [2.05, 4.69) is 108 Å². The van der Waals surface area contributed by atoms with Gasteiger partial charge < -0.3 is 10.6 Å². The van der Waals surface area contributed by atoms with Crippen LogP contribution in [0.5, 0.6) is 0 Å². The van der Waals surface area contributed by atoms with Crippen LogP contribution in [0.3, 0.4) is 0 Å². The van der Waals surface area contributed by atoms with Crippen LogP contribution in [0.4, 0.5) is 11.4 Å². The summed E-state index contributed by atoms with van der Waals surface area (Å²) in [6.45, 7) is 10.6. The maximum absolute atomic E-state index is 3.64. The lowest BCUT2D eigenvalue weighted by molar-refractivity contribution is 0.106. The van der Waals surface area contributed by atoms with Gasteiger partial charge in [0.15, 0.2) is 0 Å². The second-order valence-corrected chi connectivity index (χ2v) is 12.1. The van der Waals surface area contributed by atoms with E-state index in [0.29, 0.717) is 16.7 Å². The molecule has 4 atom stereocenters. The molecule has 0 amide bonds. The normalized spacial score (nSPS) is 30.1. The van der Waals surface area contributed by atoms with Crippen LogP contribution in [0, 0.1) is 11.8 Å². The van der Waals surface area contributed by atoms with Gasteiger partial charge >= 0.3 is 0 Å². The van der Waals surface area contributed by atoms with Crippen molar-refractivity contribution >= 4 is 11.4 Å². The van der Waals surface area contributed by atoms with Gasteiger partial charge in [0, 0.05) is 48.4 Å². The molecule has 37 heavy (non-hydrogen) atoms. The van der Waals surface area contributed by atoms with Gasteiger partial charge in [0.25, 0.3) is 0 Å². The van der Waals surface area contributed by atoms with Crippen LogP contribution < -0.4 is 10.6 Å². The lowest BCUT2D eigenvalue weighted by Crippen LogP contribution is -2.49. The molecule has 0 radical (unpaired) electrons. The number of likely N-dealkylation sites (tertiary alicyclic amines) is 1. The number of nitrogens with one attached hydrogen (secondary N) is 2. The van der Waals surface area contributed by atoms with Crippen molar-refractivity contribution in [2.75, 3.05) is 36.8 Å². The zero-order valence-corrected chi connectivity index (χ0v) is 22.7. The summed E-state index contributed by atoms with van der Waals surface area (Å²) in [6, 6.07) is 28.6. The third kappa shape index (κ3) is 4.46. The lowest BCUT2D eigenvalue weighted by Gasteiger charge is -2.44. The Kier molecular flexibility index (Phi) is 6.75. The van der Waals surface area contributed by atoms with Gasteiger partial charge in [0.05, 0.1) is 0 Å². The molecule has 2 spiro atoms. The zero-order chi connectivity index (χ0) is 25.3. The van der Waals surface area contributed by atoms with E-state index in [1.54, 1.807) is 11.1 Å². The monoisotopic (exact) mass is 493 g/mol. The minimum Gasteiger partial charge on any atom is -0.384 e. The second-order valence-electron chi connectivity index (χ2n) is 12.1. The van der Waals surface area contributed by atoms with E-state index in [0.717, 1.165) is 25.6 Å². The van der Waals surface area contributed by atoms with Crippen LogP contribution in [-0.2, 0) is 17.4 Å². The highest BCUT2D eigenvalue weighted by Crippen LogP contribution is 2.49. The minimum atomic E-state index is 0.337. The Morgan fingerprint density at radius 2 is 1.30 bits per heavy atom. The quantitative estimate of drug-likeness (QED) is 0.388. The molecule has 1 saturated carbocycles. The maximum Gasteiger partial charge on any atom is 0.0379 e. The van der Waals surface area contributed by atoms with Gasteiger partial charge in [0.2, 0.25) is 0 Å². The smallest absolute Gasteiger partial charge is 0.0379 e. The summed E-state index contributed by atoms with van der Waals surface area (Å²) >= 11 is 0. The molecule has 3 aromatic rings. The predicted molar refractivity (Wildman–Crippen MR) is 156 cm³/mol. The second kappa shape index (κ2) is 10.2. The molecule has 3 aromatic carbocycles. The lowest BCUT2D eigenvalue weighted by atomic mass is 9.64. The Morgan fingerprint density at radius 3 is 1.92 bits per heavy atom. The van der Waals surface area contributed by atoms with Crippen LogP contribution >= 0.6 is 0 Å². The van der Waals surface area contributed by atoms with Crippen molar-refractivity contribution in [2.24, 2.45) is 11.8 Å². The van der Waals surface area contributed by atoms with Gasteiger partial charge in [-0.1, -0.05) is 93.4 Å². The van der Waals surface area contributed by atoms with Crippen molar-refractivity contribution in [3.8, 4) is 0 Å². The third-order valence-corrected chi connectivity index (χ3v) is 10.2. The highest BCUT2D eigenvalue weighted by molar-refractivity contribution is 5.61. The van der Waals surface area contributed by atoms with E-state index in [-0.39, 0.29) is 0 Å². The van der Waals surface area contributed by atoms with Crippen LogP contribution in [-0.4, -0.2) is 31.1 Å². The largest absolute Gasteiger partial charge is 0.384 e. The summed E-state index contributed by atoms with van der Waals surface area (Å²) in [6.07, 6.45) is 6.85. The fourth-order valence-corrected chi connectivity index (χ4v) is 7.82. The highest BCUT2D eigenvalue weighted by atomic mass is 15.1. The Bertz CT molecular complexity index is 1200. The van der Waals surface area contributed by atoms with Crippen molar-refractivity contribution in [1.29, 1.82) is 0 Å². The summed E-state index contributed by atoms with van der Waals surface area (Å²) in [5.74, 6) is 1.52. The summed E-state index contributed by atoms with van der Waals surface area (Å²) in [4.78, 5) is 2.62. The number of piperidine rings is 1. The van der Waals surface area contributed by atoms with Gasteiger partial charge in [-0.2, -0.15) is 0 Å². The number of rotatable bonds is 2. The SMILES string of the molecule is CC1CCCCC12CNc1ccccc12.CC1CN(Cc2ccccc2)CCC12CNc1ccccc12. The number of nitrogens with zero attached hydrogens (tertiary/aromatic N) is 1. The first-order valence-electron chi connectivity index (χ1n) is 14.5. The van der Waals surface area contributed by atoms with E-state index in [9.17, 15) is 0 Å². The maximum atomic E-state index is 3.64. The van der Waals surface area contributed by atoms with Crippen LogP contribution in [0.15, 0.2) is 78.9 Å². The molecular formula is C34H43N3. The third-order valence-electron chi connectivity index (χ3n) is 10.2. The number of anilines is 2. The molecular weight excluding hydrogens is 450 g/mol. The molecule has 7 rings (SSSR count). The molecule has 4 aliphatic rings. The van der Waals surface area contributed by atoms with E-state index >= 15 is 0 Å². The molecule has 2 fully saturated rings. The number of benzene rings is 3. The van der Waals surface area contributed by atoms with Crippen LogP contribution in [0.1, 0.15) is 62.6 Å². The first-order chi connectivity index (χ1) is 18.1. The Balaban J connectivity index is 0.000000146. The molecule has 1 saturated heterocycles. The summed E-state index contributed by atoms with van der Waals surface area (Å²) in [5.41, 5.74) is 8.07. The summed E-state index contributed by atoms with van der Waals surface area (Å²) in [5, 5.41) is 7.23. The fraction of sp³-hybridized carbons (Fsp3) is 0.471. The van der Waals surface area contributed by atoms with Gasteiger partial charge in [-0.15, -0.1) is 0 Å². The molecule has 0 bridgehead atoms. The molecule has 2 N–H and O–H groups in total. The van der Waals surface area contributed by atoms with E-state index in [1.165, 1.54) is 62.1 Å². The van der Waals surface area contributed by atoms with Crippen molar-refractivity contribution in [3.63, 3.8) is 0 Å². The highest BCUT2D eigenvalue weighted by Gasteiger charge is 2.46. The summed E-state index contributed by atoms with van der Waals surface area (Å²) < 4.78 is 0. The van der Waals surface area contributed by atoms with Gasteiger partial charge in [-0.05, 0) is 66.5 Å². The number of hydrogen-bond donors (Lipinski definition) is 2. The van der Waals surface area contributed by atoms with Crippen LogP contribution in [0.2, 0.25) is 0 Å². The zero-order valence-electron chi connectivity index (χ0n) is 22.7. The molecule has 3 aliphatic heterocycles. The first-order valence-corrected chi connectivity index (χ1v) is 14.5. The minimum absolute atomic E-state index is 0.337. The van der Waals surface area contributed by atoms with Gasteiger partial charge in [-0.3, -0.25) is 4.90 Å². The Labute approximate surface area is 223 Å². The van der Waals surface area contributed by atoms with E-state index in [4.69, 9.17) is 0 Å². The number of fused-ring (bicyclic) bond motifs is 4. The molecule has 0 aromatic heterocycles. The molecule has 1 aliphatic carbocycles. The molecule has 3 heteroatoms. The number of hydrogen-bond acceptors (Lipinski definition) is 3. The van der Waals surface area contributed by atoms with Gasteiger partial charge in [-0.25, -0.2) is 0 Å². The standard InChI is InChI=1S/C20H24N2.C14H19N/c1-16-13-22(14-17-7-3-2-4-8-17)12-11-20(16)15-21-19-10-6-5-9-18(19)20;1-11-6-4-5-9-14(11)10-15-13-8-3-2-7-12(13)14/h2-10,16,21H,11-15H2,1H3;2-3,7-8,11,15H,4-6,9-10H2,1H3. The van der Waals surface area contributed by atoms with E-state index in [1.807, 2.05) is 0 Å². The van der Waals surface area contributed by atoms with Crippen molar-refractivity contribution < 1.29 is 0 Å². The topological polar surface area (TPSA) is 27.3 Å². The van der Waals surface area contributed by atoms with Crippen LogP contribution in [0.25, 0.3) is 0 Å². The van der Waals surface area contributed by atoms with Crippen molar-refractivity contribution in [2.45, 2.75) is 63.3 Å². The van der Waals surface area contributed by atoms with Crippen molar-refractivity contribution in [3.05, 3.63) is 95.6 Å². The van der Waals surface area contributed by atoms with Crippen molar-refractivity contribution in [1.82, 2.24) is 4.90 Å². The predicted octanol–water partition coefficient (Wildman–Crippen LogP) is 7.45. The Morgan fingerprint density at radius 1 is 0.703 bits per heavy atom. The molecule has 194 valence electrons.